The van der Waals surface area contributed by atoms with Crippen LogP contribution in [0.1, 0.15) is 22.3 Å². The summed E-state index contributed by atoms with van der Waals surface area (Å²) in [7, 11) is -5.77. The van der Waals surface area contributed by atoms with Crippen molar-refractivity contribution in [3.05, 3.63) is 65.7 Å². The third-order valence-electron chi connectivity index (χ3n) is 5.05. The Balaban J connectivity index is 1.61. The van der Waals surface area contributed by atoms with Crippen molar-refractivity contribution in [2.24, 2.45) is 0 Å². The number of aromatic amines is 1. The maximum absolute atomic E-state index is 13.4. The number of amides is 1. The van der Waals surface area contributed by atoms with E-state index in [4.69, 9.17) is 0 Å². The minimum atomic E-state index is -5.77. The summed E-state index contributed by atoms with van der Waals surface area (Å²) < 4.78 is 75.9. The van der Waals surface area contributed by atoms with Gasteiger partial charge in [0.2, 0.25) is 0 Å². The molecule has 0 saturated carbocycles. The normalized spacial score (nSPS) is 15.2. The number of alkyl halides is 3. The van der Waals surface area contributed by atoms with Crippen molar-refractivity contribution >= 4 is 32.2 Å². The Hall–Kier alpha value is -3.21. The molecule has 0 saturated heterocycles. The van der Waals surface area contributed by atoms with Gasteiger partial charge in [0.15, 0.2) is 5.03 Å². The van der Waals surface area contributed by atoms with E-state index in [1.165, 1.54) is 23.1 Å². The first-order valence-corrected chi connectivity index (χ1v) is 10.6. The van der Waals surface area contributed by atoms with Gasteiger partial charge in [-0.25, -0.2) is 17.8 Å². The third kappa shape index (κ3) is 3.69. The van der Waals surface area contributed by atoms with Crippen LogP contribution in [0.15, 0.2) is 53.8 Å². The number of benzene rings is 1. The smallest absolute Gasteiger partial charge is 0.360 e. The monoisotopic (exact) mass is 453 g/mol. The van der Waals surface area contributed by atoms with Crippen LogP contribution in [-0.4, -0.2) is 47.8 Å². The molecule has 3 aromatic rings. The molecule has 1 aliphatic rings. The number of nitrogens with one attached hydrogen (secondary N) is 1. The van der Waals surface area contributed by atoms with Crippen LogP contribution in [0.2, 0.25) is 0 Å². The number of carbonyl (C=O) groups is 1. The summed E-state index contributed by atoms with van der Waals surface area (Å²) in [5.74, 6) is -1.23. The molecule has 0 atom stereocenters. The molecular formula is C20H15F4N3O3S. The largest absolute Gasteiger partial charge is 0.503 e. The highest BCUT2D eigenvalue weighted by atomic mass is 32.2. The zero-order valence-electron chi connectivity index (χ0n) is 15.8. The minimum Gasteiger partial charge on any atom is -0.360 e. The molecule has 162 valence electrons. The zero-order chi connectivity index (χ0) is 22.4. The summed E-state index contributed by atoms with van der Waals surface area (Å²) in [5.41, 5.74) is -3.86. The molecule has 0 spiro atoms. The number of halogens is 4. The number of sulfone groups is 1. The second-order valence-corrected chi connectivity index (χ2v) is 8.78. The fourth-order valence-electron chi connectivity index (χ4n) is 3.51. The Kier molecular flexibility index (Phi) is 5.08. The number of pyridine rings is 1. The Morgan fingerprint density at radius 1 is 1.19 bits per heavy atom. The highest BCUT2D eigenvalue weighted by Gasteiger charge is 2.49. The van der Waals surface area contributed by atoms with Gasteiger partial charge in [-0.05, 0) is 42.3 Å². The molecule has 4 rings (SSSR count). The van der Waals surface area contributed by atoms with Crippen LogP contribution in [0.4, 0.5) is 17.6 Å². The highest BCUT2D eigenvalue weighted by molar-refractivity contribution is 7.92. The van der Waals surface area contributed by atoms with Gasteiger partial charge in [0, 0.05) is 41.9 Å². The number of hydrogen-bond donors (Lipinski definition) is 1. The lowest BCUT2D eigenvalue weighted by molar-refractivity contribution is -0.0438. The Bertz CT molecular complexity index is 1310. The SMILES string of the molecule is O=C(c1cccnc1S(=O)(=O)C(F)(F)F)N1CC=C(c2c[nH]c3cc(F)ccc23)CC1. The molecular weight excluding hydrogens is 438 g/mol. The fourth-order valence-corrected chi connectivity index (χ4v) is 4.37. The molecule has 0 fully saturated rings. The van der Waals surface area contributed by atoms with E-state index in [2.05, 4.69) is 9.97 Å². The molecule has 31 heavy (non-hydrogen) atoms. The highest BCUT2D eigenvalue weighted by Crippen LogP contribution is 2.33. The van der Waals surface area contributed by atoms with Gasteiger partial charge >= 0.3 is 5.51 Å². The van der Waals surface area contributed by atoms with Gasteiger partial charge in [0.25, 0.3) is 15.7 Å². The van der Waals surface area contributed by atoms with Crippen LogP contribution in [0.3, 0.4) is 0 Å². The summed E-state index contributed by atoms with van der Waals surface area (Å²) in [6.07, 6.45) is 4.74. The number of aromatic nitrogens is 2. The lowest BCUT2D eigenvalue weighted by Crippen LogP contribution is -2.36. The van der Waals surface area contributed by atoms with Crippen LogP contribution < -0.4 is 0 Å². The van der Waals surface area contributed by atoms with E-state index in [0.717, 1.165) is 28.8 Å². The van der Waals surface area contributed by atoms with E-state index in [-0.39, 0.29) is 18.9 Å². The van der Waals surface area contributed by atoms with E-state index in [1.54, 1.807) is 18.3 Å². The van der Waals surface area contributed by atoms with Crippen molar-refractivity contribution < 1.29 is 30.8 Å². The average Bonchev–Trinajstić information content (AvgIpc) is 3.15. The molecule has 1 amide bonds. The van der Waals surface area contributed by atoms with Gasteiger partial charge < -0.3 is 9.88 Å². The molecule has 11 heteroatoms. The van der Waals surface area contributed by atoms with Crippen LogP contribution in [-0.2, 0) is 9.84 Å². The number of carbonyl (C=O) groups excluding carboxylic acids is 1. The predicted molar refractivity (Wildman–Crippen MR) is 104 cm³/mol. The van der Waals surface area contributed by atoms with Crippen LogP contribution in [0.25, 0.3) is 16.5 Å². The van der Waals surface area contributed by atoms with Gasteiger partial charge in [-0.15, -0.1) is 0 Å². The maximum Gasteiger partial charge on any atom is 0.503 e. The molecule has 3 heterocycles. The van der Waals surface area contributed by atoms with E-state index in [0.29, 0.717) is 11.9 Å². The molecule has 6 nitrogen and oxygen atoms in total. The van der Waals surface area contributed by atoms with Crippen LogP contribution >= 0.6 is 0 Å². The third-order valence-corrected chi connectivity index (χ3v) is 6.49. The lowest BCUT2D eigenvalue weighted by atomic mass is 9.98. The van der Waals surface area contributed by atoms with E-state index < -0.39 is 31.8 Å². The summed E-state index contributed by atoms with van der Waals surface area (Å²) in [4.78, 5) is 20.4. The van der Waals surface area contributed by atoms with Crippen molar-refractivity contribution in [3.8, 4) is 0 Å². The lowest BCUT2D eigenvalue weighted by Gasteiger charge is -2.27. The van der Waals surface area contributed by atoms with Gasteiger partial charge in [0.1, 0.15) is 5.82 Å². The number of hydrogen-bond acceptors (Lipinski definition) is 4. The number of H-pyrrole nitrogens is 1. The Morgan fingerprint density at radius 3 is 2.65 bits per heavy atom. The summed E-state index contributed by atoms with van der Waals surface area (Å²) >= 11 is 0. The van der Waals surface area contributed by atoms with E-state index >= 15 is 0 Å². The second kappa shape index (κ2) is 7.49. The maximum atomic E-state index is 13.4. The topological polar surface area (TPSA) is 83.1 Å². The van der Waals surface area contributed by atoms with Crippen LogP contribution in [0, 0.1) is 5.82 Å². The molecule has 1 aliphatic heterocycles. The molecule has 0 bridgehead atoms. The summed E-state index contributed by atoms with van der Waals surface area (Å²) in [6, 6.07) is 6.56. The Labute approximate surface area is 174 Å². The van der Waals surface area contributed by atoms with Gasteiger partial charge in [0.05, 0.1) is 5.56 Å². The first-order valence-electron chi connectivity index (χ1n) is 9.11. The number of fused-ring (bicyclic) bond motifs is 1. The molecule has 0 radical (unpaired) electrons. The van der Waals surface area contributed by atoms with E-state index in [9.17, 15) is 30.8 Å². The number of nitrogens with zero attached hydrogens (tertiary/aromatic N) is 2. The quantitative estimate of drug-likeness (QED) is 0.610. The zero-order valence-corrected chi connectivity index (χ0v) is 16.6. The van der Waals surface area contributed by atoms with E-state index in [1.807, 2.05) is 0 Å². The molecule has 0 aliphatic carbocycles. The second-order valence-electron chi connectivity index (χ2n) is 6.93. The van der Waals surface area contributed by atoms with Crippen molar-refractivity contribution in [2.45, 2.75) is 17.0 Å². The first-order chi connectivity index (χ1) is 14.6. The molecule has 2 aromatic heterocycles. The van der Waals surface area contributed by atoms with Gasteiger partial charge in [-0.2, -0.15) is 13.2 Å². The van der Waals surface area contributed by atoms with Gasteiger partial charge in [-0.1, -0.05) is 6.08 Å². The van der Waals surface area contributed by atoms with Crippen molar-refractivity contribution in [1.29, 1.82) is 0 Å². The summed E-state index contributed by atoms with van der Waals surface area (Å²) in [6.45, 7) is 0.237. The number of rotatable bonds is 3. The summed E-state index contributed by atoms with van der Waals surface area (Å²) in [5, 5.41) is -0.501. The minimum absolute atomic E-state index is 0.0719. The van der Waals surface area contributed by atoms with Crippen molar-refractivity contribution in [1.82, 2.24) is 14.9 Å². The van der Waals surface area contributed by atoms with Crippen molar-refractivity contribution in [3.63, 3.8) is 0 Å². The standard InChI is InChI=1S/C20H15F4N3O3S/c21-13-3-4-14-16(11-26-17(14)10-13)12-5-8-27(9-6-12)19(28)15-2-1-7-25-18(15)31(29,30)20(22,23)24/h1-5,7,10-11,26H,6,8-9H2. The predicted octanol–water partition coefficient (Wildman–Crippen LogP) is 3.93. The van der Waals surface area contributed by atoms with Gasteiger partial charge in [-0.3, -0.25) is 4.79 Å². The molecule has 1 N–H and O–H groups in total. The molecule has 0 unspecified atom stereocenters. The Morgan fingerprint density at radius 2 is 1.97 bits per heavy atom. The van der Waals surface area contributed by atoms with Crippen molar-refractivity contribution in [2.75, 3.05) is 13.1 Å². The molecule has 1 aromatic carbocycles. The first kappa shape index (κ1) is 21.0. The average molecular weight is 453 g/mol. The van der Waals surface area contributed by atoms with Crippen LogP contribution in [0.5, 0.6) is 0 Å². The fraction of sp³-hybridized carbons (Fsp3) is 0.200.